The number of carbonyl (C=O) groups is 1. The van der Waals surface area contributed by atoms with E-state index < -0.39 is 5.97 Å². The lowest BCUT2D eigenvalue weighted by atomic mass is 9.86. The number of aryl methyl sites for hydroxylation is 1. The number of rotatable bonds is 6. The van der Waals surface area contributed by atoms with Crippen molar-refractivity contribution in [3.63, 3.8) is 0 Å². The Morgan fingerprint density at radius 3 is 2.47 bits per heavy atom. The first-order chi connectivity index (χ1) is 8.80. The molecule has 0 fully saturated rings. The third-order valence-electron chi connectivity index (χ3n) is 3.08. The molecule has 1 rings (SSSR count). The maximum atomic E-state index is 10.4. The second kappa shape index (κ2) is 6.60. The number of benzene rings is 1. The molecular weight excluding hydrogens is 240 g/mol. The summed E-state index contributed by atoms with van der Waals surface area (Å²) in [5.74, 6) is 0.147. The van der Waals surface area contributed by atoms with E-state index in [2.05, 4.69) is 32.9 Å². The van der Waals surface area contributed by atoms with Crippen molar-refractivity contribution in [2.24, 2.45) is 0 Å². The fraction of sp³-hybridized carbons (Fsp3) is 0.562. The van der Waals surface area contributed by atoms with Gasteiger partial charge in [-0.1, -0.05) is 32.9 Å². The molecule has 1 N–H and O–H groups in total. The van der Waals surface area contributed by atoms with Gasteiger partial charge in [-0.2, -0.15) is 0 Å². The third kappa shape index (κ3) is 5.33. The summed E-state index contributed by atoms with van der Waals surface area (Å²) in [6.07, 6.45) is 1.65. The molecular formula is C16H24O3. The van der Waals surface area contributed by atoms with E-state index in [9.17, 15) is 4.79 Å². The van der Waals surface area contributed by atoms with Crippen LogP contribution in [0.1, 0.15) is 51.2 Å². The summed E-state index contributed by atoms with van der Waals surface area (Å²) in [7, 11) is 0. The second-order valence-corrected chi connectivity index (χ2v) is 5.93. The Hall–Kier alpha value is -1.51. The van der Waals surface area contributed by atoms with Crippen LogP contribution in [0.3, 0.4) is 0 Å². The largest absolute Gasteiger partial charge is 0.493 e. The van der Waals surface area contributed by atoms with Crippen molar-refractivity contribution in [1.29, 1.82) is 0 Å². The van der Waals surface area contributed by atoms with E-state index in [0.717, 1.165) is 17.7 Å². The molecule has 0 atom stereocenters. The van der Waals surface area contributed by atoms with Gasteiger partial charge >= 0.3 is 5.97 Å². The highest BCUT2D eigenvalue weighted by molar-refractivity contribution is 5.66. The van der Waals surface area contributed by atoms with E-state index in [1.54, 1.807) is 0 Å². The van der Waals surface area contributed by atoms with Gasteiger partial charge in [-0.15, -0.1) is 0 Å². The van der Waals surface area contributed by atoms with Crippen LogP contribution in [-0.2, 0) is 10.2 Å². The minimum atomic E-state index is -0.745. The first-order valence-electron chi connectivity index (χ1n) is 6.76. The van der Waals surface area contributed by atoms with Crippen molar-refractivity contribution >= 4 is 5.97 Å². The van der Waals surface area contributed by atoms with Gasteiger partial charge in [0.2, 0.25) is 0 Å². The number of carboxylic acid groups (broad SMARTS) is 1. The Bertz CT molecular complexity index is 430. The second-order valence-electron chi connectivity index (χ2n) is 5.93. The summed E-state index contributed by atoms with van der Waals surface area (Å²) in [5, 5.41) is 8.54. The molecule has 1 aromatic carbocycles. The number of hydrogen-bond donors (Lipinski definition) is 1. The average molecular weight is 264 g/mol. The summed E-state index contributed by atoms with van der Waals surface area (Å²) >= 11 is 0. The van der Waals surface area contributed by atoms with Gasteiger partial charge in [0.1, 0.15) is 5.75 Å². The van der Waals surface area contributed by atoms with Gasteiger partial charge in [0, 0.05) is 6.42 Å². The van der Waals surface area contributed by atoms with Gasteiger partial charge in [-0.25, -0.2) is 0 Å². The lowest BCUT2D eigenvalue weighted by Crippen LogP contribution is -2.11. The van der Waals surface area contributed by atoms with E-state index >= 15 is 0 Å². The predicted octanol–water partition coefficient (Wildman–Crippen LogP) is 3.93. The molecule has 19 heavy (non-hydrogen) atoms. The van der Waals surface area contributed by atoms with E-state index in [4.69, 9.17) is 9.84 Å². The summed E-state index contributed by atoms with van der Waals surface area (Å²) < 4.78 is 5.69. The van der Waals surface area contributed by atoms with Gasteiger partial charge in [0.05, 0.1) is 6.61 Å². The van der Waals surface area contributed by atoms with Crippen LogP contribution in [0.25, 0.3) is 0 Å². The Balaban J connectivity index is 2.49. The average Bonchev–Trinajstić information content (AvgIpc) is 2.28. The molecule has 0 saturated heterocycles. The summed E-state index contributed by atoms with van der Waals surface area (Å²) in [4.78, 5) is 10.4. The zero-order valence-corrected chi connectivity index (χ0v) is 12.3. The molecule has 0 spiro atoms. The van der Waals surface area contributed by atoms with Crippen LogP contribution in [0.4, 0.5) is 0 Å². The Labute approximate surface area is 115 Å². The normalized spacial score (nSPS) is 11.4. The molecule has 0 aliphatic rings. The van der Waals surface area contributed by atoms with Crippen molar-refractivity contribution in [2.45, 2.75) is 52.4 Å². The van der Waals surface area contributed by atoms with Crippen LogP contribution in [-0.4, -0.2) is 17.7 Å². The van der Waals surface area contributed by atoms with Gasteiger partial charge in [-0.05, 0) is 42.4 Å². The topological polar surface area (TPSA) is 46.5 Å². The zero-order valence-electron chi connectivity index (χ0n) is 12.3. The molecule has 0 aliphatic carbocycles. The minimum Gasteiger partial charge on any atom is -0.493 e. The fourth-order valence-corrected chi connectivity index (χ4v) is 1.84. The standard InChI is InChI=1S/C16H24O3/c1-12-11-13(16(2,3)4)8-9-14(12)19-10-6-5-7-15(17)18/h8-9,11H,5-7,10H2,1-4H3,(H,17,18). The van der Waals surface area contributed by atoms with Crippen LogP contribution < -0.4 is 4.74 Å². The van der Waals surface area contributed by atoms with Crippen LogP contribution in [0.2, 0.25) is 0 Å². The van der Waals surface area contributed by atoms with E-state index in [1.807, 2.05) is 13.0 Å². The van der Waals surface area contributed by atoms with E-state index in [1.165, 1.54) is 5.56 Å². The maximum Gasteiger partial charge on any atom is 0.303 e. The Kier molecular flexibility index (Phi) is 5.40. The Morgan fingerprint density at radius 1 is 1.26 bits per heavy atom. The summed E-state index contributed by atoms with van der Waals surface area (Å²) in [6, 6.07) is 6.26. The molecule has 3 nitrogen and oxygen atoms in total. The molecule has 0 heterocycles. The molecule has 3 heteroatoms. The monoisotopic (exact) mass is 264 g/mol. The first-order valence-corrected chi connectivity index (χ1v) is 6.76. The van der Waals surface area contributed by atoms with Crippen molar-refractivity contribution in [3.05, 3.63) is 29.3 Å². The van der Waals surface area contributed by atoms with Gasteiger partial charge in [0.15, 0.2) is 0 Å². The highest BCUT2D eigenvalue weighted by Crippen LogP contribution is 2.27. The van der Waals surface area contributed by atoms with E-state index in [0.29, 0.717) is 13.0 Å². The summed E-state index contributed by atoms with van der Waals surface area (Å²) in [6.45, 7) is 9.18. The molecule has 106 valence electrons. The fourth-order valence-electron chi connectivity index (χ4n) is 1.84. The SMILES string of the molecule is Cc1cc(C(C)(C)C)ccc1OCCCCC(=O)O. The lowest BCUT2D eigenvalue weighted by Gasteiger charge is -2.20. The highest BCUT2D eigenvalue weighted by Gasteiger charge is 2.14. The first kappa shape index (κ1) is 15.5. The number of unbranched alkanes of at least 4 members (excludes halogenated alkanes) is 1. The van der Waals surface area contributed by atoms with Gasteiger partial charge < -0.3 is 9.84 Å². The minimum absolute atomic E-state index is 0.144. The van der Waals surface area contributed by atoms with Crippen molar-refractivity contribution < 1.29 is 14.6 Å². The molecule has 0 radical (unpaired) electrons. The Morgan fingerprint density at radius 2 is 1.95 bits per heavy atom. The quantitative estimate of drug-likeness (QED) is 0.792. The number of aliphatic carboxylic acids is 1. The van der Waals surface area contributed by atoms with Crippen molar-refractivity contribution in [1.82, 2.24) is 0 Å². The molecule has 0 saturated carbocycles. The lowest BCUT2D eigenvalue weighted by molar-refractivity contribution is -0.137. The van der Waals surface area contributed by atoms with Gasteiger partial charge in [-0.3, -0.25) is 4.79 Å². The zero-order chi connectivity index (χ0) is 14.5. The van der Waals surface area contributed by atoms with Gasteiger partial charge in [0.25, 0.3) is 0 Å². The third-order valence-corrected chi connectivity index (χ3v) is 3.08. The predicted molar refractivity (Wildman–Crippen MR) is 76.9 cm³/mol. The molecule has 0 aromatic heterocycles. The van der Waals surface area contributed by atoms with Crippen molar-refractivity contribution in [3.8, 4) is 5.75 Å². The van der Waals surface area contributed by atoms with Crippen LogP contribution in [0, 0.1) is 6.92 Å². The number of hydrogen-bond acceptors (Lipinski definition) is 2. The molecule has 0 bridgehead atoms. The molecule has 0 amide bonds. The molecule has 1 aromatic rings. The molecule has 0 unspecified atom stereocenters. The van der Waals surface area contributed by atoms with E-state index in [-0.39, 0.29) is 11.8 Å². The molecule has 0 aliphatic heterocycles. The maximum absolute atomic E-state index is 10.4. The van der Waals surface area contributed by atoms with Crippen LogP contribution in [0.15, 0.2) is 18.2 Å². The summed E-state index contributed by atoms with van der Waals surface area (Å²) in [5.41, 5.74) is 2.57. The van der Waals surface area contributed by atoms with Crippen LogP contribution in [0.5, 0.6) is 5.75 Å². The highest BCUT2D eigenvalue weighted by atomic mass is 16.5. The smallest absolute Gasteiger partial charge is 0.303 e. The number of carboxylic acids is 1. The number of ether oxygens (including phenoxy) is 1. The van der Waals surface area contributed by atoms with Crippen molar-refractivity contribution in [2.75, 3.05) is 6.61 Å². The van der Waals surface area contributed by atoms with Crippen LogP contribution >= 0.6 is 0 Å².